The molecular weight excluding hydrogens is 141 g/mol. The molecular formula is C10H10LiN. The molecule has 0 saturated carbocycles. The first-order valence-corrected chi connectivity index (χ1v) is 3.69. The fourth-order valence-electron chi connectivity index (χ4n) is 0.987. The van der Waals surface area contributed by atoms with Gasteiger partial charge in [0.1, 0.15) is 0 Å². The molecule has 12 heavy (non-hydrogen) atoms. The Labute approximate surface area is 85.6 Å². The number of rotatable bonds is 2. The third-order valence-electron chi connectivity index (χ3n) is 1.61. The van der Waals surface area contributed by atoms with Gasteiger partial charge in [0, 0.05) is 6.07 Å². The van der Waals surface area contributed by atoms with Crippen LogP contribution in [0, 0.1) is 17.2 Å². The molecule has 0 aromatic heterocycles. The summed E-state index contributed by atoms with van der Waals surface area (Å²) in [7, 11) is 0. The van der Waals surface area contributed by atoms with Crippen LogP contribution in [0.3, 0.4) is 0 Å². The van der Waals surface area contributed by atoms with E-state index in [9.17, 15) is 0 Å². The van der Waals surface area contributed by atoms with Crippen molar-refractivity contribution in [3.63, 3.8) is 0 Å². The topological polar surface area (TPSA) is 23.8 Å². The molecule has 0 fully saturated rings. The van der Waals surface area contributed by atoms with Gasteiger partial charge in [0.2, 0.25) is 0 Å². The second-order valence-electron chi connectivity index (χ2n) is 2.31. The van der Waals surface area contributed by atoms with Crippen molar-refractivity contribution in [3.05, 3.63) is 41.8 Å². The van der Waals surface area contributed by atoms with Crippen LogP contribution in [-0.2, 0) is 0 Å². The molecule has 1 rings (SSSR count). The van der Waals surface area contributed by atoms with Crippen LogP contribution in [-0.4, -0.2) is 0 Å². The molecule has 0 aliphatic heterocycles. The molecule has 0 bridgehead atoms. The molecule has 0 aliphatic carbocycles. The van der Waals surface area contributed by atoms with Crippen LogP contribution in [0.2, 0.25) is 0 Å². The predicted molar refractivity (Wildman–Crippen MR) is 44.7 cm³/mol. The van der Waals surface area contributed by atoms with Crippen LogP contribution in [0.25, 0.3) is 0 Å². The van der Waals surface area contributed by atoms with Crippen molar-refractivity contribution >= 4 is 0 Å². The van der Waals surface area contributed by atoms with Crippen molar-refractivity contribution < 1.29 is 18.9 Å². The fraction of sp³-hybridized carbons (Fsp3) is 0.200. The maximum Gasteiger partial charge on any atom is 1.00 e. The van der Waals surface area contributed by atoms with Crippen LogP contribution in [0.1, 0.15) is 18.9 Å². The van der Waals surface area contributed by atoms with Crippen molar-refractivity contribution in [1.29, 1.82) is 5.26 Å². The van der Waals surface area contributed by atoms with E-state index in [0.717, 1.165) is 17.9 Å². The van der Waals surface area contributed by atoms with E-state index in [1.165, 1.54) is 0 Å². The number of benzene rings is 1. The van der Waals surface area contributed by atoms with Gasteiger partial charge in [-0.25, -0.2) is 5.26 Å². The number of nitrogens with zero attached hydrogens (tertiary/aromatic N) is 1. The van der Waals surface area contributed by atoms with E-state index in [-0.39, 0.29) is 18.9 Å². The first-order chi connectivity index (χ1) is 5.38. The number of hydrogen-bond acceptors (Lipinski definition) is 1. The average Bonchev–Trinajstić information content (AvgIpc) is 2.09. The van der Waals surface area contributed by atoms with Crippen LogP contribution in [0.15, 0.2) is 30.3 Å². The summed E-state index contributed by atoms with van der Waals surface area (Å²) in [6.07, 6.45) is 0.806. The van der Waals surface area contributed by atoms with Crippen LogP contribution in [0.5, 0.6) is 0 Å². The standard InChI is InChI=1S/C10H10N.Li/c1-2-9(8-11)10-6-4-3-5-7-10;/h3-7H,2H2,1H3;/q-1;+1. The zero-order chi connectivity index (χ0) is 8.10. The average molecular weight is 151 g/mol. The third-order valence-corrected chi connectivity index (χ3v) is 1.61. The van der Waals surface area contributed by atoms with Crippen LogP contribution < -0.4 is 18.9 Å². The summed E-state index contributed by atoms with van der Waals surface area (Å²) >= 11 is 0. The molecule has 0 saturated heterocycles. The zero-order valence-electron chi connectivity index (χ0n) is 7.54. The minimum atomic E-state index is 0. The molecule has 0 spiro atoms. The van der Waals surface area contributed by atoms with Gasteiger partial charge in [-0.1, -0.05) is 25.3 Å². The largest absolute Gasteiger partial charge is 1.00 e. The van der Waals surface area contributed by atoms with Crippen molar-refractivity contribution in [1.82, 2.24) is 0 Å². The Bertz CT molecular complexity index is 250. The molecule has 0 aliphatic rings. The van der Waals surface area contributed by atoms with Crippen molar-refractivity contribution in [2.45, 2.75) is 13.3 Å². The first kappa shape index (κ1) is 11.2. The summed E-state index contributed by atoms with van der Waals surface area (Å²) in [6.45, 7) is 1.99. The van der Waals surface area contributed by atoms with Gasteiger partial charge in [-0.15, -0.1) is 12.1 Å². The zero-order valence-corrected chi connectivity index (χ0v) is 7.54. The number of nitriles is 1. The summed E-state index contributed by atoms with van der Waals surface area (Å²) in [6, 6.07) is 12.0. The van der Waals surface area contributed by atoms with Gasteiger partial charge in [0.15, 0.2) is 0 Å². The summed E-state index contributed by atoms with van der Waals surface area (Å²) in [5.74, 6) is 0.852. The van der Waals surface area contributed by atoms with Gasteiger partial charge in [-0.05, 0) is 0 Å². The molecule has 1 nitrogen and oxygen atoms in total. The molecule has 0 atom stereocenters. The van der Waals surface area contributed by atoms with Crippen molar-refractivity contribution in [2.75, 3.05) is 0 Å². The Balaban J connectivity index is 0.00000121. The molecule has 2 heteroatoms. The van der Waals surface area contributed by atoms with Crippen LogP contribution in [0.4, 0.5) is 0 Å². The Morgan fingerprint density at radius 2 is 1.92 bits per heavy atom. The molecule has 0 N–H and O–H groups in total. The van der Waals surface area contributed by atoms with Gasteiger partial charge in [-0.2, -0.15) is 17.7 Å². The normalized spacial score (nSPS) is 8.00. The molecule has 0 radical (unpaired) electrons. The molecule has 0 unspecified atom stereocenters. The predicted octanol–water partition coefficient (Wildman–Crippen LogP) is -0.453. The second kappa shape index (κ2) is 5.78. The molecule has 0 heterocycles. The van der Waals surface area contributed by atoms with E-state index in [2.05, 4.69) is 6.07 Å². The van der Waals surface area contributed by atoms with Crippen molar-refractivity contribution in [2.24, 2.45) is 0 Å². The minimum Gasteiger partial charge on any atom is -0.208 e. The van der Waals surface area contributed by atoms with E-state index >= 15 is 0 Å². The second-order valence-corrected chi connectivity index (χ2v) is 2.31. The monoisotopic (exact) mass is 151 g/mol. The van der Waals surface area contributed by atoms with E-state index in [1.807, 2.05) is 37.3 Å². The Hall–Kier alpha value is -0.823. The Morgan fingerprint density at radius 1 is 1.33 bits per heavy atom. The molecule has 1 aromatic rings. The summed E-state index contributed by atoms with van der Waals surface area (Å²) in [5.41, 5.74) is 1.04. The smallest absolute Gasteiger partial charge is 0.208 e. The van der Waals surface area contributed by atoms with Crippen LogP contribution >= 0.6 is 0 Å². The summed E-state index contributed by atoms with van der Waals surface area (Å²) < 4.78 is 0. The molecule has 1 aromatic carbocycles. The first-order valence-electron chi connectivity index (χ1n) is 3.69. The minimum absolute atomic E-state index is 0. The van der Waals surface area contributed by atoms with E-state index in [0.29, 0.717) is 0 Å². The fourth-order valence-corrected chi connectivity index (χ4v) is 0.987. The van der Waals surface area contributed by atoms with E-state index < -0.39 is 0 Å². The third kappa shape index (κ3) is 2.66. The van der Waals surface area contributed by atoms with Gasteiger partial charge >= 0.3 is 18.9 Å². The van der Waals surface area contributed by atoms with Gasteiger partial charge < -0.3 is 0 Å². The quantitative estimate of drug-likeness (QED) is 0.414. The van der Waals surface area contributed by atoms with Gasteiger partial charge in [-0.3, -0.25) is 0 Å². The van der Waals surface area contributed by atoms with Gasteiger partial charge in [0.25, 0.3) is 0 Å². The molecule has 0 amide bonds. The SMILES string of the molecule is CC[C-](C#N)c1ccccc1.[Li+]. The summed E-state index contributed by atoms with van der Waals surface area (Å²) in [5, 5.41) is 8.69. The van der Waals surface area contributed by atoms with Gasteiger partial charge in [0.05, 0.1) is 0 Å². The number of hydrogen-bond donors (Lipinski definition) is 0. The maximum absolute atomic E-state index is 8.69. The Morgan fingerprint density at radius 3 is 2.33 bits per heavy atom. The van der Waals surface area contributed by atoms with E-state index in [4.69, 9.17) is 5.26 Å². The van der Waals surface area contributed by atoms with E-state index in [1.54, 1.807) is 0 Å². The maximum atomic E-state index is 8.69. The van der Waals surface area contributed by atoms with Crippen molar-refractivity contribution in [3.8, 4) is 6.07 Å². The molecule has 56 valence electrons. The Kier molecular flexibility index (Phi) is 5.38. The summed E-state index contributed by atoms with van der Waals surface area (Å²) in [4.78, 5) is 0.